The van der Waals surface area contributed by atoms with Crippen LogP contribution in [0.2, 0.25) is 10.0 Å². The molecule has 0 spiro atoms. The molecule has 2 aromatic carbocycles. The Morgan fingerprint density at radius 3 is 2.22 bits per heavy atom. The van der Waals surface area contributed by atoms with Crippen molar-refractivity contribution in [1.82, 2.24) is 10.2 Å². The third-order valence-corrected chi connectivity index (χ3v) is 8.41. The molecule has 36 heavy (non-hydrogen) atoms. The van der Waals surface area contributed by atoms with Crippen LogP contribution in [0.4, 0.5) is 5.69 Å². The van der Waals surface area contributed by atoms with Crippen LogP contribution in [0.1, 0.15) is 50.2 Å². The van der Waals surface area contributed by atoms with Crippen molar-refractivity contribution in [1.29, 1.82) is 0 Å². The van der Waals surface area contributed by atoms with Gasteiger partial charge in [-0.1, -0.05) is 66.7 Å². The highest BCUT2D eigenvalue weighted by Crippen LogP contribution is 2.28. The van der Waals surface area contributed by atoms with Crippen LogP contribution in [0.15, 0.2) is 42.5 Å². The molecule has 0 heterocycles. The molecule has 0 unspecified atom stereocenters. The predicted octanol–water partition coefficient (Wildman–Crippen LogP) is 4.93. The SMILES string of the molecule is Cc1ccccc1N(CC(=O)N(Cc1c(Cl)cccc1Cl)[C@H](C)C(=O)NC1CCCCC1)S(C)(=O)=O. The first-order valence-electron chi connectivity index (χ1n) is 12.0. The van der Waals surface area contributed by atoms with Crippen molar-refractivity contribution in [3.05, 3.63) is 63.6 Å². The Kier molecular flexibility index (Phi) is 9.66. The lowest BCUT2D eigenvalue weighted by Gasteiger charge is -2.33. The summed E-state index contributed by atoms with van der Waals surface area (Å²) in [5.41, 5.74) is 1.61. The number of benzene rings is 2. The van der Waals surface area contributed by atoms with E-state index >= 15 is 0 Å². The fourth-order valence-electron chi connectivity index (χ4n) is 4.44. The summed E-state index contributed by atoms with van der Waals surface area (Å²) < 4.78 is 26.5. The molecule has 2 amide bonds. The van der Waals surface area contributed by atoms with Crippen LogP contribution in [0, 0.1) is 6.92 Å². The number of hydrogen-bond acceptors (Lipinski definition) is 4. The number of halogens is 2. The molecule has 1 fully saturated rings. The van der Waals surface area contributed by atoms with Gasteiger partial charge in [0.1, 0.15) is 12.6 Å². The van der Waals surface area contributed by atoms with Crippen molar-refractivity contribution < 1.29 is 18.0 Å². The number of sulfonamides is 1. The first-order valence-corrected chi connectivity index (χ1v) is 14.7. The molecule has 0 aromatic heterocycles. The normalized spacial score (nSPS) is 15.2. The molecule has 0 aliphatic heterocycles. The fourth-order valence-corrected chi connectivity index (χ4v) is 5.87. The lowest BCUT2D eigenvalue weighted by atomic mass is 9.95. The minimum absolute atomic E-state index is 0.0397. The molecule has 1 aliphatic carbocycles. The average Bonchev–Trinajstić information content (AvgIpc) is 2.82. The largest absolute Gasteiger partial charge is 0.352 e. The van der Waals surface area contributed by atoms with Gasteiger partial charge in [0.05, 0.1) is 11.9 Å². The van der Waals surface area contributed by atoms with Crippen LogP contribution >= 0.6 is 23.2 Å². The minimum Gasteiger partial charge on any atom is -0.352 e. The summed E-state index contributed by atoms with van der Waals surface area (Å²) in [6.45, 7) is 2.91. The standard InChI is InChI=1S/C26H33Cl2N3O4S/c1-18-10-7-8-15-24(18)31(36(3,34)35)17-25(32)30(16-21-22(27)13-9-14-23(21)28)19(2)26(33)29-20-11-5-4-6-12-20/h7-10,13-15,19-20H,4-6,11-12,16-17H2,1-3H3,(H,29,33)/t19-/m1/s1. The van der Waals surface area contributed by atoms with Gasteiger partial charge in [0.25, 0.3) is 0 Å². The zero-order chi connectivity index (χ0) is 26.5. The van der Waals surface area contributed by atoms with E-state index in [0.29, 0.717) is 26.9 Å². The molecule has 1 N–H and O–H groups in total. The topological polar surface area (TPSA) is 86.8 Å². The van der Waals surface area contributed by atoms with Gasteiger partial charge in [-0.05, 0) is 50.5 Å². The van der Waals surface area contributed by atoms with E-state index < -0.39 is 28.5 Å². The molecule has 1 saturated carbocycles. The van der Waals surface area contributed by atoms with E-state index in [1.54, 1.807) is 56.3 Å². The zero-order valence-electron chi connectivity index (χ0n) is 20.8. The van der Waals surface area contributed by atoms with E-state index in [-0.39, 0.29) is 18.5 Å². The molecule has 2 aromatic rings. The highest BCUT2D eigenvalue weighted by Gasteiger charge is 2.32. The monoisotopic (exact) mass is 553 g/mol. The van der Waals surface area contributed by atoms with Gasteiger partial charge in [-0.25, -0.2) is 8.42 Å². The zero-order valence-corrected chi connectivity index (χ0v) is 23.2. The number of nitrogens with zero attached hydrogens (tertiary/aromatic N) is 2. The molecule has 196 valence electrons. The van der Waals surface area contributed by atoms with Crippen molar-refractivity contribution in [2.75, 3.05) is 17.1 Å². The smallest absolute Gasteiger partial charge is 0.244 e. The Balaban J connectivity index is 1.92. The van der Waals surface area contributed by atoms with Crippen LogP contribution in [0.5, 0.6) is 0 Å². The molecule has 0 bridgehead atoms. The first-order chi connectivity index (χ1) is 17.0. The lowest BCUT2D eigenvalue weighted by Crippen LogP contribution is -2.53. The number of para-hydroxylation sites is 1. The highest BCUT2D eigenvalue weighted by atomic mass is 35.5. The number of hydrogen-bond donors (Lipinski definition) is 1. The second-order valence-electron chi connectivity index (χ2n) is 9.30. The van der Waals surface area contributed by atoms with Crippen LogP contribution < -0.4 is 9.62 Å². The summed E-state index contributed by atoms with van der Waals surface area (Å²) in [6, 6.07) is 11.2. The van der Waals surface area contributed by atoms with E-state index in [9.17, 15) is 18.0 Å². The Hall–Kier alpha value is -2.29. The van der Waals surface area contributed by atoms with Gasteiger partial charge >= 0.3 is 0 Å². The van der Waals surface area contributed by atoms with Crippen molar-refractivity contribution in [2.45, 2.75) is 64.6 Å². The van der Waals surface area contributed by atoms with Gasteiger partial charge in [-0.15, -0.1) is 0 Å². The number of nitrogens with one attached hydrogen (secondary N) is 1. The van der Waals surface area contributed by atoms with Gasteiger partial charge in [-0.3, -0.25) is 13.9 Å². The molecule has 7 nitrogen and oxygen atoms in total. The number of aryl methyl sites for hydroxylation is 1. The highest BCUT2D eigenvalue weighted by molar-refractivity contribution is 7.92. The van der Waals surface area contributed by atoms with Gasteiger partial charge in [0.15, 0.2) is 0 Å². The third-order valence-electron chi connectivity index (χ3n) is 6.57. The van der Waals surface area contributed by atoms with Gasteiger partial charge < -0.3 is 10.2 Å². The van der Waals surface area contributed by atoms with Gasteiger partial charge in [0.2, 0.25) is 21.8 Å². The second kappa shape index (κ2) is 12.3. The lowest BCUT2D eigenvalue weighted by molar-refractivity contribution is -0.139. The van der Waals surface area contributed by atoms with Crippen LogP contribution in [0.25, 0.3) is 0 Å². The first kappa shape index (κ1) is 28.3. The molecule has 1 aliphatic rings. The van der Waals surface area contributed by atoms with Crippen molar-refractivity contribution >= 4 is 50.7 Å². The minimum atomic E-state index is -3.79. The Morgan fingerprint density at radius 2 is 1.64 bits per heavy atom. The van der Waals surface area contributed by atoms with Crippen molar-refractivity contribution in [3.63, 3.8) is 0 Å². The quantitative estimate of drug-likeness (QED) is 0.476. The number of carbonyl (C=O) groups excluding carboxylic acids is 2. The summed E-state index contributed by atoms with van der Waals surface area (Å²) in [4.78, 5) is 28.3. The molecule has 0 saturated heterocycles. The van der Waals surface area contributed by atoms with Crippen LogP contribution in [-0.2, 0) is 26.2 Å². The van der Waals surface area contributed by atoms with E-state index in [1.165, 1.54) is 4.90 Å². The van der Waals surface area contributed by atoms with E-state index in [4.69, 9.17) is 23.2 Å². The molecule has 0 radical (unpaired) electrons. The summed E-state index contributed by atoms with van der Waals surface area (Å²) >= 11 is 12.8. The Bertz CT molecular complexity index is 1180. The second-order valence-corrected chi connectivity index (χ2v) is 12.0. The van der Waals surface area contributed by atoms with Gasteiger partial charge in [0, 0.05) is 28.2 Å². The molecule has 10 heteroatoms. The maximum absolute atomic E-state index is 13.7. The Labute approximate surface area is 223 Å². The Morgan fingerprint density at radius 1 is 1.03 bits per heavy atom. The maximum Gasteiger partial charge on any atom is 0.244 e. The van der Waals surface area contributed by atoms with Crippen LogP contribution in [0.3, 0.4) is 0 Å². The van der Waals surface area contributed by atoms with Crippen molar-refractivity contribution in [2.24, 2.45) is 0 Å². The molecular weight excluding hydrogens is 521 g/mol. The molecule has 1 atom stereocenters. The average molecular weight is 555 g/mol. The number of anilines is 1. The van der Waals surface area contributed by atoms with E-state index in [2.05, 4.69) is 5.32 Å². The molecule has 3 rings (SSSR count). The number of amides is 2. The number of carbonyl (C=O) groups is 2. The number of rotatable bonds is 9. The van der Waals surface area contributed by atoms with Crippen molar-refractivity contribution in [3.8, 4) is 0 Å². The fraction of sp³-hybridized carbons (Fsp3) is 0.462. The summed E-state index contributed by atoms with van der Waals surface area (Å²) in [7, 11) is -3.79. The van der Waals surface area contributed by atoms with E-state index in [1.807, 2.05) is 0 Å². The molecular formula is C26H33Cl2N3O4S. The van der Waals surface area contributed by atoms with Crippen LogP contribution in [-0.4, -0.2) is 50.0 Å². The summed E-state index contributed by atoms with van der Waals surface area (Å²) in [6.07, 6.45) is 6.11. The summed E-state index contributed by atoms with van der Waals surface area (Å²) in [5.74, 6) is -0.828. The third kappa shape index (κ3) is 7.14. The summed E-state index contributed by atoms with van der Waals surface area (Å²) in [5, 5.41) is 3.78. The maximum atomic E-state index is 13.7. The van der Waals surface area contributed by atoms with E-state index in [0.717, 1.165) is 42.7 Å². The van der Waals surface area contributed by atoms with Gasteiger partial charge in [-0.2, -0.15) is 0 Å². The predicted molar refractivity (Wildman–Crippen MR) is 145 cm³/mol.